The number of hydrogen-bond donors (Lipinski definition) is 3. The average molecular weight is 325 g/mol. The number of rotatable bonds is 3. The number of carbonyl (C=O) groups excluding carboxylic acids is 1. The molecule has 0 bridgehead atoms. The van der Waals surface area contributed by atoms with Gasteiger partial charge in [0.05, 0.1) is 10.5 Å². The molecular formula is C12H11N3O6S. The number of benzene rings is 1. The summed E-state index contributed by atoms with van der Waals surface area (Å²) in [5, 5.41) is 29.7. The lowest BCUT2D eigenvalue weighted by Gasteiger charge is -2.02. The SMILES string of the molecule is CC(=O)O.O=C(Nc1ncc([N+](=O)[O-])s1)c1ccccc1O. The Kier molecular flexibility index (Phi) is 5.96. The Bertz CT molecular complexity index is 696. The van der Waals surface area contributed by atoms with E-state index in [9.17, 15) is 20.0 Å². The van der Waals surface area contributed by atoms with Crippen LogP contribution in [-0.4, -0.2) is 32.0 Å². The van der Waals surface area contributed by atoms with Gasteiger partial charge in [0.15, 0.2) is 5.13 Å². The van der Waals surface area contributed by atoms with Crippen LogP contribution in [0.15, 0.2) is 30.5 Å². The Labute approximate surface area is 128 Å². The number of carboxylic acids is 1. The lowest BCUT2D eigenvalue weighted by atomic mass is 10.2. The minimum absolute atomic E-state index is 0.0790. The van der Waals surface area contributed by atoms with Gasteiger partial charge in [-0.25, -0.2) is 4.98 Å². The van der Waals surface area contributed by atoms with Crippen LogP contribution in [0.1, 0.15) is 17.3 Å². The van der Waals surface area contributed by atoms with E-state index in [0.717, 1.165) is 24.5 Å². The number of aromatic hydroxyl groups is 1. The summed E-state index contributed by atoms with van der Waals surface area (Å²) in [6.45, 7) is 1.08. The summed E-state index contributed by atoms with van der Waals surface area (Å²) < 4.78 is 0. The van der Waals surface area contributed by atoms with Gasteiger partial charge < -0.3 is 10.2 Å². The summed E-state index contributed by atoms with van der Waals surface area (Å²) in [4.78, 5) is 34.3. The fourth-order valence-corrected chi connectivity index (χ4v) is 1.87. The highest BCUT2D eigenvalue weighted by molar-refractivity contribution is 7.18. The molecule has 9 nitrogen and oxygen atoms in total. The number of aromatic nitrogens is 1. The normalized spacial score (nSPS) is 9.32. The molecule has 1 amide bonds. The van der Waals surface area contributed by atoms with Crippen LogP contribution in [-0.2, 0) is 4.79 Å². The molecule has 0 aliphatic rings. The molecule has 116 valence electrons. The van der Waals surface area contributed by atoms with Crippen molar-refractivity contribution in [2.45, 2.75) is 6.92 Å². The fourth-order valence-electron chi connectivity index (χ4n) is 1.24. The minimum Gasteiger partial charge on any atom is -0.507 e. The van der Waals surface area contributed by atoms with Crippen LogP contribution < -0.4 is 5.32 Å². The Balaban J connectivity index is 0.000000541. The van der Waals surface area contributed by atoms with Gasteiger partial charge in [0.1, 0.15) is 11.9 Å². The Hall–Kier alpha value is -3.01. The zero-order valence-corrected chi connectivity index (χ0v) is 12.0. The highest BCUT2D eigenvalue weighted by atomic mass is 32.1. The summed E-state index contributed by atoms with van der Waals surface area (Å²) >= 11 is 0.746. The Morgan fingerprint density at radius 2 is 1.95 bits per heavy atom. The fraction of sp³-hybridized carbons (Fsp3) is 0.0833. The molecule has 0 fully saturated rings. The molecule has 0 aliphatic carbocycles. The van der Waals surface area contributed by atoms with Gasteiger partial charge in [-0.1, -0.05) is 12.1 Å². The van der Waals surface area contributed by atoms with Gasteiger partial charge in [0, 0.05) is 6.92 Å². The van der Waals surface area contributed by atoms with E-state index in [1.807, 2.05) is 0 Å². The van der Waals surface area contributed by atoms with Crippen LogP contribution in [0.3, 0.4) is 0 Å². The molecule has 0 atom stereocenters. The molecule has 0 radical (unpaired) electrons. The third-order valence-corrected chi connectivity index (χ3v) is 2.91. The van der Waals surface area contributed by atoms with Crippen molar-refractivity contribution in [3.05, 3.63) is 46.1 Å². The molecule has 2 rings (SSSR count). The summed E-state index contributed by atoms with van der Waals surface area (Å²) in [5.74, 6) is -1.57. The molecule has 22 heavy (non-hydrogen) atoms. The summed E-state index contributed by atoms with van der Waals surface area (Å²) in [5.41, 5.74) is 0.0790. The van der Waals surface area contributed by atoms with E-state index >= 15 is 0 Å². The highest BCUT2D eigenvalue weighted by Gasteiger charge is 2.15. The van der Waals surface area contributed by atoms with Crippen molar-refractivity contribution < 1.29 is 24.7 Å². The number of nitrogens with one attached hydrogen (secondary N) is 1. The Morgan fingerprint density at radius 3 is 2.45 bits per heavy atom. The maximum Gasteiger partial charge on any atom is 0.345 e. The van der Waals surface area contributed by atoms with E-state index in [1.165, 1.54) is 12.1 Å². The summed E-state index contributed by atoms with van der Waals surface area (Å²) in [7, 11) is 0. The zero-order chi connectivity index (χ0) is 16.7. The van der Waals surface area contributed by atoms with Gasteiger partial charge in [0.25, 0.3) is 11.9 Å². The molecule has 2 aromatic rings. The molecule has 0 saturated carbocycles. The molecule has 1 heterocycles. The van der Waals surface area contributed by atoms with Crippen LogP contribution in [0.25, 0.3) is 0 Å². The Morgan fingerprint density at radius 1 is 1.36 bits per heavy atom. The molecule has 0 saturated heterocycles. The van der Waals surface area contributed by atoms with Gasteiger partial charge in [-0.15, -0.1) is 0 Å². The molecule has 3 N–H and O–H groups in total. The van der Waals surface area contributed by atoms with Crippen LogP contribution in [0.5, 0.6) is 5.75 Å². The summed E-state index contributed by atoms with van der Waals surface area (Å²) in [6, 6.07) is 5.99. The lowest BCUT2D eigenvalue weighted by Crippen LogP contribution is -2.11. The van der Waals surface area contributed by atoms with Crippen molar-refractivity contribution in [3.63, 3.8) is 0 Å². The van der Waals surface area contributed by atoms with Gasteiger partial charge in [0.2, 0.25) is 0 Å². The van der Waals surface area contributed by atoms with Crippen molar-refractivity contribution in [2.24, 2.45) is 0 Å². The number of anilines is 1. The molecular weight excluding hydrogens is 314 g/mol. The number of phenols is 1. The number of thiazole rings is 1. The molecule has 10 heteroatoms. The number of amides is 1. The summed E-state index contributed by atoms with van der Waals surface area (Å²) in [6.07, 6.45) is 1.06. The topological polar surface area (TPSA) is 143 Å². The van der Waals surface area contributed by atoms with Crippen LogP contribution in [0.4, 0.5) is 10.1 Å². The van der Waals surface area contributed by atoms with Crippen molar-refractivity contribution >= 4 is 33.3 Å². The van der Waals surface area contributed by atoms with Crippen molar-refractivity contribution in [1.82, 2.24) is 4.98 Å². The smallest absolute Gasteiger partial charge is 0.345 e. The first-order valence-corrected chi connectivity index (χ1v) is 6.52. The molecule has 1 aromatic heterocycles. The lowest BCUT2D eigenvalue weighted by molar-refractivity contribution is -0.380. The molecule has 1 aromatic carbocycles. The number of carbonyl (C=O) groups is 2. The van der Waals surface area contributed by atoms with Gasteiger partial charge in [-0.2, -0.15) is 0 Å². The third kappa shape index (κ3) is 5.17. The predicted octanol–water partition coefficient (Wildman–Crippen LogP) is 2.10. The first-order valence-electron chi connectivity index (χ1n) is 5.70. The van der Waals surface area contributed by atoms with Gasteiger partial charge in [-0.05, 0) is 23.5 Å². The second kappa shape index (κ2) is 7.69. The maximum atomic E-state index is 11.7. The number of para-hydroxylation sites is 1. The van der Waals surface area contributed by atoms with E-state index in [0.29, 0.717) is 0 Å². The van der Waals surface area contributed by atoms with Gasteiger partial charge in [-0.3, -0.25) is 25.0 Å². The van der Waals surface area contributed by atoms with E-state index in [1.54, 1.807) is 12.1 Å². The standard InChI is InChI=1S/C10H7N3O4S.C2H4O2/c14-7-4-2-1-3-6(7)9(15)12-10-11-5-8(18-10)13(16)17;1-2(3)4/h1-5,14H,(H,11,12,15);1H3,(H,3,4). The monoisotopic (exact) mass is 325 g/mol. The second-order valence-electron chi connectivity index (χ2n) is 3.75. The molecule has 0 aliphatic heterocycles. The van der Waals surface area contributed by atoms with Crippen molar-refractivity contribution in [1.29, 1.82) is 0 Å². The largest absolute Gasteiger partial charge is 0.507 e. The van der Waals surface area contributed by atoms with Crippen LogP contribution in [0.2, 0.25) is 0 Å². The minimum atomic E-state index is -0.833. The van der Waals surface area contributed by atoms with Crippen LogP contribution >= 0.6 is 11.3 Å². The number of hydrogen-bond acceptors (Lipinski definition) is 7. The quantitative estimate of drug-likeness (QED) is 0.579. The number of nitrogens with zero attached hydrogens (tertiary/aromatic N) is 2. The first-order chi connectivity index (χ1) is 10.3. The van der Waals surface area contributed by atoms with E-state index in [-0.39, 0.29) is 21.4 Å². The molecule has 0 spiro atoms. The van der Waals surface area contributed by atoms with Gasteiger partial charge >= 0.3 is 5.00 Å². The second-order valence-corrected chi connectivity index (χ2v) is 4.76. The van der Waals surface area contributed by atoms with Crippen molar-refractivity contribution in [2.75, 3.05) is 5.32 Å². The first kappa shape index (κ1) is 17.0. The predicted molar refractivity (Wildman–Crippen MR) is 78.1 cm³/mol. The third-order valence-electron chi connectivity index (χ3n) is 2.04. The van der Waals surface area contributed by atoms with Crippen LogP contribution in [0, 0.1) is 10.1 Å². The maximum absolute atomic E-state index is 11.7. The van der Waals surface area contributed by atoms with E-state index < -0.39 is 16.8 Å². The number of nitro groups is 1. The highest BCUT2D eigenvalue weighted by Crippen LogP contribution is 2.26. The number of phenolic OH excluding ortho intramolecular Hbond substituents is 1. The average Bonchev–Trinajstić information content (AvgIpc) is 2.87. The zero-order valence-electron chi connectivity index (χ0n) is 11.2. The van der Waals surface area contributed by atoms with E-state index in [4.69, 9.17) is 9.90 Å². The molecule has 0 unspecified atom stereocenters. The van der Waals surface area contributed by atoms with Crippen molar-refractivity contribution in [3.8, 4) is 5.75 Å². The number of aliphatic carboxylic acids is 1. The van der Waals surface area contributed by atoms with E-state index in [2.05, 4.69) is 10.3 Å². The number of carboxylic acid groups (broad SMARTS) is 1.